The number of nitriles is 1. The van der Waals surface area contributed by atoms with Gasteiger partial charge in [0.05, 0.1) is 16.9 Å². The Bertz CT molecular complexity index is 544. The van der Waals surface area contributed by atoms with E-state index in [0.29, 0.717) is 16.9 Å². The van der Waals surface area contributed by atoms with Crippen LogP contribution in [0.15, 0.2) is 48.5 Å². The first-order valence-electron chi connectivity index (χ1n) is 4.82. The van der Waals surface area contributed by atoms with Crippen molar-refractivity contribution in [2.75, 3.05) is 5.32 Å². The zero-order valence-electron chi connectivity index (χ0n) is 8.44. The molecule has 0 unspecified atom stereocenters. The highest BCUT2D eigenvalue weighted by Gasteiger charge is 2.03. The van der Waals surface area contributed by atoms with Gasteiger partial charge in [-0.2, -0.15) is 5.26 Å². The Kier molecular flexibility index (Phi) is 2.84. The van der Waals surface area contributed by atoms with Crippen molar-refractivity contribution in [3.05, 3.63) is 59.9 Å². The summed E-state index contributed by atoms with van der Waals surface area (Å²) in [5.74, 6) is -0.338. The standard InChI is InChI=1S/C13H9FN2/c14-11-6-2-4-8-13(11)16-12-7-3-1-5-10(12)9-15/h1-8,16H. The molecule has 0 saturated heterocycles. The molecule has 0 saturated carbocycles. The Labute approximate surface area is 93.0 Å². The molecule has 2 aromatic rings. The Morgan fingerprint density at radius 3 is 2.25 bits per heavy atom. The maximum absolute atomic E-state index is 13.4. The van der Waals surface area contributed by atoms with Gasteiger partial charge >= 0.3 is 0 Å². The number of halogens is 1. The van der Waals surface area contributed by atoms with Crippen LogP contribution in [-0.2, 0) is 0 Å². The van der Waals surface area contributed by atoms with Gasteiger partial charge in [-0.05, 0) is 24.3 Å². The molecule has 0 heterocycles. The van der Waals surface area contributed by atoms with Crippen LogP contribution in [0.1, 0.15) is 5.56 Å². The molecular weight excluding hydrogens is 203 g/mol. The van der Waals surface area contributed by atoms with Crippen LogP contribution in [0.3, 0.4) is 0 Å². The highest BCUT2D eigenvalue weighted by Crippen LogP contribution is 2.22. The van der Waals surface area contributed by atoms with Crippen LogP contribution >= 0.6 is 0 Å². The highest BCUT2D eigenvalue weighted by atomic mass is 19.1. The molecule has 3 heteroatoms. The summed E-state index contributed by atoms with van der Waals surface area (Å²) in [6.45, 7) is 0. The smallest absolute Gasteiger partial charge is 0.146 e. The molecule has 0 radical (unpaired) electrons. The van der Waals surface area contributed by atoms with E-state index in [4.69, 9.17) is 5.26 Å². The largest absolute Gasteiger partial charge is 0.352 e. The van der Waals surface area contributed by atoms with Crippen LogP contribution < -0.4 is 5.32 Å². The molecule has 0 fully saturated rings. The second-order valence-corrected chi connectivity index (χ2v) is 3.26. The predicted molar refractivity (Wildman–Crippen MR) is 60.8 cm³/mol. The highest BCUT2D eigenvalue weighted by molar-refractivity contribution is 5.66. The lowest BCUT2D eigenvalue weighted by Gasteiger charge is -2.08. The molecule has 78 valence electrons. The monoisotopic (exact) mass is 212 g/mol. The number of para-hydroxylation sites is 2. The maximum atomic E-state index is 13.4. The number of benzene rings is 2. The minimum atomic E-state index is -0.338. The molecule has 16 heavy (non-hydrogen) atoms. The van der Waals surface area contributed by atoms with E-state index in [1.165, 1.54) is 6.07 Å². The van der Waals surface area contributed by atoms with Crippen molar-refractivity contribution < 1.29 is 4.39 Å². The zero-order chi connectivity index (χ0) is 11.4. The lowest BCUT2D eigenvalue weighted by molar-refractivity contribution is 0.632. The average molecular weight is 212 g/mol. The van der Waals surface area contributed by atoms with E-state index in [2.05, 4.69) is 11.4 Å². The van der Waals surface area contributed by atoms with Gasteiger partial charge in [0, 0.05) is 0 Å². The van der Waals surface area contributed by atoms with E-state index in [1.807, 2.05) is 0 Å². The first-order valence-corrected chi connectivity index (χ1v) is 4.82. The SMILES string of the molecule is N#Cc1ccccc1Nc1ccccc1F. The van der Waals surface area contributed by atoms with Gasteiger partial charge in [0.1, 0.15) is 11.9 Å². The fourth-order valence-electron chi connectivity index (χ4n) is 1.40. The molecule has 1 N–H and O–H groups in total. The number of nitrogens with zero attached hydrogens (tertiary/aromatic N) is 1. The third kappa shape index (κ3) is 2.01. The van der Waals surface area contributed by atoms with Gasteiger partial charge < -0.3 is 5.32 Å². The fraction of sp³-hybridized carbons (Fsp3) is 0. The van der Waals surface area contributed by atoms with Gasteiger partial charge in [0.15, 0.2) is 0 Å². The van der Waals surface area contributed by atoms with Crippen LogP contribution in [-0.4, -0.2) is 0 Å². The van der Waals surface area contributed by atoms with Crippen molar-refractivity contribution in [3.8, 4) is 6.07 Å². The Hall–Kier alpha value is -2.34. The van der Waals surface area contributed by atoms with E-state index >= 15 is 0 Å². The molecule has 0 amide bonds. The van der Waals surface area contributed by atoms with Gasteiger partial charge in [0.25, 0.3) is 0 Å². The number of anilines is 2. The molecule has 0 bridgehead atoms. The van der Waals surface area contributed by atoms with Crippen LogP contribution in [0, 0.1) is 17.1 Å². The van der Waals surface area contributed by atoms with Crippen molar-refractivity contribution in [2.24, 2.45) is 0 Å². The first-order chi connectivity index (χ1) is 7.81. The summed E-state index contributed by atoms with van der Waals surface area (Å²) in [4.78, 5) is 0. The molecule has 0 aromatic heterocycles. The van der Waals surface area contributed by atoms with Crippen molar-refractivity contribution >= 4 is 11.4 Å². The van der Waals surface area contributed by atoms with Gasteiger partial charge in [0.2, 0.25) is 0 Å². The van der Waals surface area contributed by atoms with E-state index < -0.39 is 0 Å². The molecule has 2 aromatic carbocycles. The topological polar surface area (TPSA) is 35.8 Å². The molecule has 0 spiro atoms. The molecule has 2 nitrogen and oxygen atoms in total. The van der Waals surface area contributed by atoms with E-state index in [1.54, 1.807) is 42.5 Å². The summed E-state index contributed by atoms with van der Waals surface area (Å²) in [7, 11) is 0. The van der Waals surface area contributed by atoms with Crippen molar-refractivity contribution in [1.29, 1.82) is 5.26 Å². The molecule has 0 atom stereocenters. The van der Waals surface area contributed by atoms with Crippen molar-refractivity contribution in [3.63, 3.8) is 0 Å². The van der Waals surface area contributed by atoms with Gasteiger partial charge in [-0.3, -0.25) is 0 Å². The zero-order valence-corrected chi connectivity index (χ0v) is 8.44. The van der Waals surface area contributed by atoms with E-state index in [-0.39, 0.29) is 5.82 Å². The third-order valence-corrected chi connectivity index (χ3v) is 2.19. The maximum Gasteiger partial charge on any atom is 0.146 e. The van der Waals surface area contributed by atoms with Crippen LogP contribution in [0.2, 0.25) is 0 Å². The number of rotatable bonds is 2. The van der Waals surface area contributed by atoms with E-state index in [0.717, 1.165) is 0 Å². The normalized spacial score (nSPS) is 9.50. The fourth-order valence-corrected chi connectivity index (χ4v) is 1.40. The average Bonchev–Trinajstić information content (AvgIpc) is 2.33. The lowest BCUT2D eigenvalue weighted by atomic mass is 10.2. The van der Waals surface area contributed by atoms with Crippen molar-refractivity contribution in [2.45, 2.75) is 0 Å². The summed E-state index contributed by atoms with van der Waals surface area (Å²) in [6, 6.07) is 15.4. The quantitative estimate of drug-likeness (QED) is 0.827. The molecule has 0 aliphatic carbocycles. The summed E-state index contributed by atoms with van der Waals surface area (Å²) in [5, 5.41) is 11.8. The first kappa shape index (κ1) is 10.2. The summed E-state index contributed by atoms with van der Waals surface area (Å²) in [5.41, 5.74) is 1.46. The predicted octanol–water partition coefficient (Wildman–Crippen LogP) is 3.44. The van der Waals surface area contributed by atoms with Crippen LogP contribution in [0.25, 0.3) is 0 Å². The van der Waals surface area contributed by atoms with Gasteiger partial charge in [-0.15, -0.1) is 0 Å². The summed E-state index contributed by atoms with van der Waals surface area (Å²) >= 11 is 0. The summed E-state index contributed by atoms with van der Waals surface area (Å²) in [6.07, 6.45) is 0. The Balaban J connectivity index is 2.35. The minimum Gasteiger partial charge on any atom is -0.352 e. The molecule has 0 aliphatic rings. The van der Waals surface area contributed by atoms with Crippen LogP contribution in [0.5, 0.6) is 0 Å². The summed E-state index contributed by atoms with van der Waals surface area (Å²) < 4.78 is 13.4. The number of hydrogen-bond donors (Lipinski definition) is 1. The third-order valence-electron chi connectivity index (χ3n) is 2.19. The van der Waals surface area contributed by atoms with Gasteiger partial charge in [-0.1, -0.05) is 24.3 Å². The Morgan fingerprint density at radius 1 is 0.938 bits per heavy atom. The van der Waals surface area contributed by atoms with Crippen LogP contribution in [0.4, 0.5) is 15.8 Å². The number of hydrogen-bond acceptors (Lipinski definition) is 2. The second kappa shape index (κ2) is 4.45. The molecular formula is C13H9FN2. The minimum absolute atomic E-state index is 0.338. The van der Waals surface area contributed by atoms with E-state index in [9.17, 15) is 4.39 Å². The Morgan fingerprint density at radius 2 is 1.56 bits per heavy atom. The molecule has 0 aliphatic heterocycles. The number of nitrogens with one attached hydrogen (secondary N) is 1. The van der Waals surface area contributed by atoms with Gasteiger partial charge in [-0.25, -0.2) is 4.39 Å². The second-order valence-electron chi connectivity index (χ2n) is 3.26. The van der Waals surface area contributed by atoms with Crippen molar-refractivity contribution in [1.82, 2.24) is 0 Å². The lowest BCUT2D eigenvalue weighted by Crippen LogP contribution is -1.95. The molecule has 2 rings (SSSR count).